The number of anilines is 1. The van der Waals surface area contributed by atoms with Crippen molar-refractivity contribution >= 4 is 5.82 Å². The minimum absolute atomic E-state index is 0.0901. The Morgan fingerprint density at radius 3 is 2.50 bits per heavy atom. The van der Waals surface area contributed by atoms with Crippen molar-refractivity contribution in [3.05, 3.63) is 35.7 Å². The van der Waals surface area contributed by atoms with Gasteiger partial charge in [0.15, 0.2) is 5.82 Å². The first kappa shape index (κ1) is 12.5. The van der Waals surface area contributed by atoms with Gasteiger partial charge in [0.1, 0.15) is 12.0 Å². The lowest BCUT2D eigenvalue weighted by Crippen LogP contribution is -2.11. The van der Waals surface area contributed by atoms with Gasteiger partial charge in [0.25, 0.3) is 0 Å². The van der Waals surface area contributed by atoms with E-state index in [0.717, 1.165) is 11.1 Å². The first-order valence-electron chi connectivity index (χ1n) is 5.94. The molecule has 18 heavy (non-hydrogen) atoms. The molecule has 1 aromatic carbocycles. The van der Waals surface area contributed by atoms with Gasteiger partial charge in [-0.05, 0) is 29.5 Å². The number of nitrogens with two attached hydrogens (primary N) is 1. The van der Waals surface area contributed by atoms with Crippen LogP contribution in [-0.2, 0) is 5.41 Å². The number of hydrogen-bond acceptors (Lipinski definition) is 4. The molecule has 0 saturated carbocycles. The smallest absolute Gasteiger partial charge is 0.153 e. The van der Waals surface area contributed by atoms with Crippen LogP contribution in [0.25, 0.3) is 11.3 Å². The molecule has 1 heterocycles. The van der Waals surface area contributed by atoms with Gasteiger partial charge in [-0.1, -0.05) is 32.9 Å². The Hall–Kier alpha value is -1.97. The van der Waals surface area contributed by atoms with E-state index in [-0.39, 0.29) is 5.41 Å². The van der Waals surface area contributed by atoms with Gasteiger partial charge in [0, 0.05) is 5.56 Å². The summed E-state index contributed by atoms with van der Waals surface area (Å²) >= 11 is 0. The van der Waals surface area contributed by atoms with Crippen LogP contribution in [0.15, 0.2) is 24.5 Å². The molecular formula is C14H18N4. The Kier molecular flexibility index (Phi) is 3.03. The lowest BCUT2D eigenvalue weighted by molar-refractivity contribution is 0.590. The van der Waals surface area contributed by atoms with Crippen LogP contribution in [0.3, 0.4) is 0 Å². The monoisotopic (exact) mass is 242 g/mol. The van der Waals surface area contributed by atoms with E-state index in [1.165, 1.54) is 11.9 Å². The molecule has 2 aromatic rings. The van der Waals surface area contributed by atoms with E-state index < -0.39 is 0 Å². The van der Waals surface area contributed by atoms with Gasteiger partial charge in [-0.25, -0.2) is 4.98 Å². The highest BCUT2D eigenvalue weighted by Crippen LogP contribution is 2.30. The number of aromatic nitrogens is 3. The van der Waals surface area contributed by atoms with Gasteiger partial charge in [-0.15, -0.1) is 10.2 Å². The molecule has 0 aliphatic carbocycles. The fourth-order valence-corrected chi connectivity index (χ4v) is 1.82. The van der Waals surface area contributed by atoms with Crippen molar-refractivity contribution in [2.24, 2.45) is 0 Å². The lowest BCUT2D eigenvalue weighted by atomic mass is 9.85. The van der Waals surface area contributed by atoms with E-state index in [9.17, 15) is 0 Å². The Labute approximate surface area is 107 Å². The summed E-state index contributed by atoms with van der Waals surface area (Å²) in [5.74, 6) is 0.416. The van der Waals surface area contributed by atoms with Gasteiger partial charge in [-0.3, -0.25) is 0 Å². The zero-order valence-corrected chi connectivity index (χ0v) is 11.2. The molecule has 0 radical (unpaired) electrons. The second kappa shape index (κ2) is 4.37. The van der Waals surface area contributed by atoms with Gasteiger partial charge in [-0.2, -0.15) is 0 Å². The third kappa shape index (κ3) is 2.32. The van der Waals surface area contributed by atoms with Gasteiger partial charge >= 0.3 is 0 Å². The van der Waals surface area contributed by atoms with Crippen LogP contribution in [0, 0.1) is 6.92 Å². The average Bonchev–Trinajstić information content (AvgIpc) is 2.29. The predicted octanol–water partition coefficient (Wildman–Crippen LogP) is 2.73. The van der Waals surface area contributed by atoms with Crippen LogP contribution in [-0.4, -0.2) is 15.2 Å². The van der Waals surface area contributed by atoms with Crippen molar-refractivity contribution in [1.82, 2.24) is 15.2 Å². The molecule has 1 aromatic heterocycles. The fraction of sp³-hybridized carbons (Fsp3) is 0.357. The second-order valence-corrected chi connectivity index (χ2v) is 5.47. The number of aryl methyl sites for hydroxylation is 1. The van der Waals surface area contributed by atoms with E-state index in [4.69, 9.17) is 5.73 Å². The zero-order chi connectivity index (χ0) is 13.3. The molecule has 2 N–H and O–H groups in total. The van der Waals surface area contributed by atoms with Crippen LogP contribution in [0.1, 0.15) is 31.9 Å². The highest BCUT2D eigenvalue weighted by atomic mass is 15.1. The van der Waals surface area contributed by atoms with Crippen molar-refractivity contribution < 1.29 is 0 Å². The average molecular weight is 242 g/mol. The summed E-state index contributed by atoms with van der Waals surface area (Å²) in [6.07, 6.45) is 1.36. The van der Waals surface area contributed by atoms with Gasteiger partial charge in [0.2, 0.25) is 0 Å². The molecule has 0 amide bonds. The fourth-order valence-electron chi connectivity index (χ4n) is 1.82. The summed E-state index contributed by atoms with van der Waals surface area (Å²) in [6.45, 7) is 8.58. The van der Waals surface area contributed by atoms with Crippen LogP contribution in [0.2, 0.25) is 0 Å². The Morgan fingerprint density at radius 1 is 1.17 bits per heavy atom. The maximum absolute atomic E-state index is 5.87. The van der Waals surface area contributed by atoms with Crippen molar-refractivity contribution in [1.29, 1.82) is 0 Å². The van der Waals surface area contributed by atoms with Gasteiger partial charge < -0.3 is 5.73 Å². The summed E-state index contributed by atoms with van der Waals surface area (Å²) in [5.41, 5.74) is 9.98. The number of nitrogen functional groups attached to an aromatic ring is 1. The zero-order valence-electron chi connectivity index (χ0n) is 11.2. The summed E-state index contributed by atoms with van der Waals surface area (Å²) in [6, 6.07) is 6.35. The molecule has 4 heteroatoms. The molecule has 0 saturated heterocycles. The number of nitrogens with zero attached hydrogens (tertiary/aromatic N) is 3. The van der Waals surface area contributed by atoms with Crippen LogP contribution < -0.4 is 5.73 Å². The predicted molar refractivity (Wildman–Crippen MR) is 73.1 cm³/mol. The molecule has 94 valence electrons. The third-order valence-electron chi connectivity index (χ3n) is 3.01. The highest BCUT2D eigenvalue weighted by Gasteiger charge is 2.17. The van der Waals surface area contributed by atoms with Crippen LogP contribution in [0.4, 0.5) is 5.82 Å². The quantitative estimate of drug-likeness (QED) is 0.835. The molecule has 0 bridgehead atoms. The number of rotatable bonds is 1. The second-order valence-electron chi connectivity index (χ2n) is 5.47. The maximum Gasteiger partial charge on any atom is 0.153 e. The topological polar surface area (TPSA) is 64.7 Å². The van der Waals surface area contributed by atoms with Crippen molar-refractivity contribution in [2.45, 2.75) is 33.1 Å². The molecule has 0 fully saturated rings. The van der Waals surface area contributed by atoms with E-state index in [1.54, 1.807) is 0 Å². The number of benzene rings is 1. The molecular weight excluding hydrogens is 224 g/mol. The van der Waals surface area contributed by atoms with E-state index in [2.05, 4.69) is 54.2 Å². The minimum Gasteiger partial charge on any atom is -0.382 e. The molecule has 4 nitrogen and oxygen atoms in total. The van der Waals surface area contributed by atoms with E-state index in [0.29, 0.717) is 11.5 Å². The lowest BCUT2D eigenvalue weighted by Gasteiger charge is -2.20. The molecule has 0 atom stereocenters. The SMILES string of the molecule is Cc1ccc(C(C)(C)C)cc1-c1nncnc1N. The summed E-state index contributed by atoms with van der Waals surface area (Å²) in [4.78, 5) is 3.99. The summed E-state index contributed by atoms with van der Waals surface area (Å²) < 4.78 is 0. The van der Waals surface area contributed by atoms with Gasteiger partial charge in [0.05, 0.1) is 0 Å². The molecule has 0 aliphatic rings. The van der Waals surface area contributed by atoms with Crippen LogP contribution >= 0.6 is 0 Å². The summed E-state index contributed by atoms with van der Waals surface area (Å²) in [7, 11) is 0. The molecule has 2 rings (SSSR count). The maximum atomic E-state index is 5.87. The Bertz CT molecular complexity index is 570. The van der Waals surface area contributed by atoms with Crippen molar-refractivity contribution in [3.8, 4) is 11.3 Å². The Morgan fingerprint density at radius 2 is 1.89 bits per heavy atom. The van der Waals surface area contributed by atoms with Crippen LogP contribution in [0.5, 0.6) is 0 Å². The first-order valence-corrected chi connectivity index (χ1v) is 5.94. The highest BCUT2D eigenvalue weighted by molar-refractivity contribution is 5.72. The normalized spacial score (nSPS) is 11.6. The largest absolute Gasteiger partial charge is 0.382 e. The number of hydrogen-bond donors (Lipinski definition) is 1. The standard InChI is InChI=1S/C14H18N4/c1-9-5-6-10(14(2,3)4)7-11(9)12-13(15)16-8-17-18-12/h5-8H,1-4H3,(H2,15,16,17). The van der Waals surface area contributed by atoms with E-state index in [1.807, 2.05) is 6.92 Å². The third-order valence-corrected chi connectivity index (χ3v) is 3.01. The Balaban J connectivity index is 2.61. The molecule has 0 unspecified atom stereocenters. The van der Waals surface area contributed by atoms with Crippen molar-refractivity contribution in [2.75, 3.05) is 5.73 Å². The van der Waals surface area contributed by atoms with E-state index >= 15 is 0 Å². The van der Waals surface area contributed by atoms with Crippen molar-refractivity contribution in [3.63, 3.8) is 0 Å². The first-order chi connectivity index (χ1) is 8.39. The minimum atomic E-state index is 0.0901. The summed E-state index contributed by atoms with van der Waals surface area (Å²) in [5, 5.41) is 7.91. The molecule has 0 aliphatic heterocycles. The molecule has 0 spiro atoms.